The second-order valence-electron chi connectivity index (χ2n) is 20.0. The van der Waals surface area contributed by atoms with Gasteiger partial charge >= 0.3 is 5.97 Å². The molecular weight excluding hydrogens is 803 g/mol. The van der Waals surface area contributed by atoms with E-state index in [0.717, 1.165) is 57.8 Å². The summed E-state index contributed by atoms with van der Waals surface area (Å²) < 4.78 is 5.48. The van der Waals surface area contributed by atoms with Crippen molar-refractivity contribution in [2.24, 2.45) is 0 Å². The molecule has 0 radical (unpaired) electrons. The number of ether oxygens (including phenoxy) is 1. The Balaban J connectivity index is 3.45. The van der Waals surface area contributed by atoms with E-state index in [1.54, 1.807) is 6.08 Å². The predicted octanol–water partition coefficient (Wildman–Crippen LogP) is 17.9. The molecule has 384 valence electrons. The summed E-state index contributed by atoms with van der Waals surface area (Å²) in [6, 6.07) is -0.636. The molecule has 65 heavy (non-hydrogen) atoms. The number of carbonyl (C=O) groups excluding carboxylic acids is 2. The lowest BCUT2D eigenvalue weighted by atomic mass is 10.0. The molecule has 0 aliphatic rings. The van der Waals surface area contributed by atoms with Crippen LogP contribution >= 0.6 is 0 Å². The molecule has 0 saturated carbocycles. The first-order valence-corrected chi connectivity index (χ1v) is 29.1. The van der Waals surface area contributed by atoms with Gasteiger partial charge in [0, 0.05) is 12.8 Å². The number of unbranched alkanes of at least 4 members (excludes halogenated alkanes) is 41. The van der Waals surface area contributed by atoms with Gasteiger partial charge in [-0.05, 0) is 57.8 Å². The molecule has 0 aliphatic heterocycles. The molecule has 0 heterocycles. The molecular formula is C59H113NO5. The Morgan fingerprint density at radius 2 is 0.723 bits per heavy atom. The highest BCUT2D eigenvalue weighted by Gasteiger charge is 2.18. The lowest BCUT2D eigenvalue weighted by Gasteiger charge is -2.20. The number of aliphatic hydroxyl groups excluding tert-OH is 2. The normalized spacial score (nSPS) is 12.7. The van der Waals surface area contributed by atoms with E-state index in [9.17, 15) is 19.8 Å². The number of esters is 1. The number of aliphatic hydroxyl groups is 2. The monoisotopic (exact) mass is 916 g/mol. The average molecular weight is 917 g/mol. The fourth-order valence-electron chi connectivity index (χ4n) is 8.98. The van der Waals surface area contributed by atoms with Crippen LogP contribution in [0.5, 0.6) is 0 Å². The average Bonchev–Trinajstić information content (AvgIpc) is 3.31. The van der Waals surface area contributed by atoms with Crippen molar-refractivity contribution in [3.8, 4) is 0 Å². The van der Waals surface area contributed by atoms with Gasteiger partial charge in [0.25, 0.3) is 0 Å². The van der Waals surface area contributed by atoms with Gasteiger partial charge in [-0.2, -0.15) is 0 Å². The summed E-state index contributed by atoms with van der Waals surface area (Å²) in [4.78, 5) is 24.5. The van der Waals surface area contributed by atoms with Gasteiger partial charge < -0.3 is 20.3 Å². The van der Waals surface area contributed by atoms with Crippen LogP contribution in [0.25, 0.3) is 0 Å². The van der Waals surface area contributed by atoms with Crippen LogP contribution in [0, 0.1) is 0 Å². The molecule has 0 aliphatic carbocycles. The second-order valence-corrected chi connectivity index (χ2v) is 20.0. The number of hydrogen-bond acceptors (Lipinski definition) is 5. The van der Waals surface area contributed by atoms with Crippen molar-refractivity contribution in [3.05, 3.63) is 24.3 Å². The lowest BCUT2D eigenvalue weighted by Crippen LogP contribution is -2.45. The van der Waals surface area contributed by atoms with Gasteiger partial charge in [0.05, 0.1) is 25.4 Å². The highest BCUT2D eigenvalue weighted by molar-refractivity contribution is 5.76. The molecule has 6 heteroatoms. The van der Waals surface area contributed by atoms with E-state index >= 15 is 0 Å². The summed E-state index contributed by atoms with van der Waals surface area (Å²) in [5.74, 6) is -0.0830. The maximum absolute atomic E-state index is 12.5. The van der Waals surface area contributed by atoms with Crippen molar-refractivity contribution in [1.82, 2.24) is 5.32 Å². The summed E-state index contributed by atoms with van der Waals surface area (Å²) in [5.41, 5.74) is 0. The fraction of sp³-hybridized carbons (Fsp3) is 0.898. The summed E-state index contributed by atoms with van der Waals surface area (Å²) in [6.45, 7) is 4.89. The highest BCUT2D eigenvalue weighted by atomic mass is 16.5. The van der Waals surface area contributed by atoms with Gasteiger partial charge in [0.2, 0.25) is 5.91 Å². The fourth-order valence-corrected chi connectivity index (χ4v) is 8.98. The Morgan fingerprint density at radius 3 is 1.09 bits per heavy atom. The summed E-state index contributed by atoms with van der Waals surface area (Å²) in [7, 11) is 0. The highest BCUT2D eigenvalue weighted by Crippen LogP contribution is 2.17. The van der Waals surface area contributed by atoms with Crippen LogP contribution in [-0.4, -0.2) is 47.4 Å². The van der Waals surface area contributed by atoms with Crippen molar-refractivity contribution in [2.75, 3.05) is 13.2 Å². The van der Waals surface area contributed by atoms with Gasteiger partial charge in [-0.1, -0.05) is 269 Å². The zero-order valence-corrected chi connectivity index (χ0v) is 43.7. The minimum absolute atomic E-state index is 0.00603. The standard InChI is InChI=1S/C59H113NO5/c1-3-5-7-9-11-13-15-17-19-21-22-24-29-33-37-41-45-49-53-59(64)65-54-50-46-42-38-34-30-26-25-28-32-36-40-44-48-52-58(63)60-56(55-61)57(62)51-47-43-39-35-31-27-23-20-18-16-14-12-10-8-6-4-2/h19,21,47,51,56-57,61-62H,3-18,20,22-46,48-50,52-55H2,1-2H3,(H,60,63)/b21-19-,51-47+. The Bertz CT molecular complexity index is 1010. The SMILES string of the molecule is CCCCCCCCC/C=C\CCCCCCCCCC(=O)OCCCCCCCCCCCCCCCCC(=O)NC(CO)C(O)/C=C/CCCCCCCCCCCCCCCC. The van der Waals surface area contributed by atoms with Gasteiger partial charge in [-0.25, -0.2) is 0 Å². The zero-order valence-electron chi connectivity index (χ0n) is 43.7. The van der Waals surface area contributed by atoms with E-state index in [2.05, 4.69) is 31.3 Å². The molecule has 0 fully saturated rings. The number of allylic oxidation sites excluding steroid dienone is 3. The van der Waals surface area contributed by atoms with Crippen LogP contribution in [0.1, 0.15) is 316 Å². The first-order chi connectivity index (χ1) is 32.0. The van der Waals surface area contributed by atoms with E-state index < -0.39 is 12.1 Å². The van der Waals surface area contributed by atoms with Crippen LogP contribution in [0.2, 0.25) is 0 Å². The van der Waals surface area contributed by atoms with Crippen LogP contribution in [-0.2, 0) is 14.3 Å². The minimum atomic E-state index is -0.851. The molecule has 0 bridgehead atoms. The number of hydrogen-bond donors (Lipinski definition) is 3. The maximum atomic E-state index is 12.5. The molecule has 0 aromatic carbocycles. The second kappa shape index (κ2) is 54.9. The predicted molar refractivity (Wildman–Crippen MR) is 283 cm³/mol. The van der Waals surface area contributed by atoms with Crippen molar-refractivity contribution in [1.29, 1.82) is 0 Å². The van der Waals surface area contributed by atoms with Crippen LogP contribution in [0.15, 0.2) is 24.3 Å². The number of amides is 1. The first kappa shape index (κ1) is 63.3. The molecule has 2 unspecified atom stereocenters. The molecule has 1 amide bonds. The Kier molecular flexibility index (Phi) is 53.5. The Labute approximate surface area is 405 Å². The van der Waals surface area contributed by atoms with E-state index in [0.29, 0.717) is 19.4 Å². The summed E-state index contributed by atoms with van der Waals surface area (Å²) in [6.07, 6.45) is 66.2. The minimum Gasteiger partial charge on any atom is -0.466 e. The van der Waals surface area contributed by atoms with E-state index in [4.69, 9.17) is 4.74 Å². The first-order valence-electron chi connectivity index (χ1n) is 29.1. The molecule has 0 rings (SSSR count). The summed E-state index contributed by atoms with van der Waals surface area (Å²) >= 11 is 0. The topological polar surface area (TPSA) is 95.9 Å². The number of rotatable bonds is 54. The molecule has 0 saturated heterocycles. The van der Waals surface area contributed by atoms with Crippen LogP contribution < -0.4 is 5.32 Å². The Morgan fingerprint density at radius 1 is 0.415 bits per heavy atom. The summed E-state index contributed by atoms with van der Waals surface area (Å²) in [5, 5.41) is 23.1. The quantitative estimate of drug-likeness (QED) is 0.0321. The van der Waals surface area contributed by atoms with Crippen molar-refractivity contribution >= 4 is 11.9 Å². The van der Waals surface area contributed by atoms with Gasteiger partial charge in [0.15, 0.2) is 0 Å². The van der Waals surface area contributed by atoms with Gasteiger partial charge in [-0.15, -0.1) is 0 Å². The number of carbonyl (C=O) groups is 2. The van der Waals surface area contributed by atoms with Gasteiger partial charge in [-0.3, -0.25) is 9.59 Å². The molecule has 0 aromatic rings. The largest absolute Gasteiger partial charge is 0.466 e. The van der Waals surface area contributed by atoms with E-state index in [1.165, 1.54) is 231 Å². The smallest absolute Gasteiger partial charge is 0.305 e. The molecule has 0 spiro atoms. The van der Waals surface area contributed by atoms with Crippen LogP contribution in [0.4, 0.5) is 0 Å². The van der Waals surface area contributed by atoms with Crippen molar-refractivity contribution < 1.29 is 24.5 Å². The molecule has 3 N–H and O–H groups in total. The van der Waals surface area contributed by atoms with E-state index in [-0.39, 0.29) is 18.5 Å². The zero-order chi connectivity index (χ0) is 47.2. The molecule has 2 atom stereocenters. The van der Waals surface area contributed by atoms with Crippen molar-refractivity contribution in [2.45, 2.75) is 328 Å². The van der Waals surface area contributed by atoms with E-state index in [1.807, 2.05) is 6.08 Å². The Hall–Kier alpha value is -1.66. The maximum Gasteiger partial charge on any atom is 0.305 e. The number of nitrogens with one attached hydrogen (secondary N) is 1. The van der Waals surface area contributed by atoms with Gasteiger partial charge in [0.1, 0.15) is 0 Å². The lowest BCUT2D eigenvalue weighted by molar-refractivity contribution is -0.143. The third kappa shape index (κ3) is 51.6. The third-order valence-electron chi connectivity index (χ3n) is 13.5. The molecule has 0 aromatic heterocycles. The molecule has 6 nitrogen and oxygen atoms in total. The third-order valence-corrected chi connectivity index (χ3v) is 13.5. The van der Waals surface area contributed by atoms with Crippen molar-refractivity contribution in [3.63, 3.8) is 0 Å². The van der Waals surface area contributed by atoms with Crippen LogP contribution in [0.3, 0.4) is 0 Å².